The molecule has 0 saturated carbocycles. The molecule has 0 aliphatic rings. The van der Waals surface area contributed by atoms with Crippen LogP contribution in [-0.4, -0.2) is 23.3 Å². The van der Waals surface area contributed by atoms with E-state index in [2.05, 4.69) is 29.3 Å². The van der Waals surface area contributed by atoms with Crippen LogP contribution in [0, 0.1) is 0 Å². The minimum atomic E-state index is 0.346. The Morgan fingerprint density at radius 2 is 2.10 bits per heavy atom. The lowest BCUT2D eigenvalue weighted by Crippen LogP contribution is -2.22. The normalized spacial score (nSPS) is 11.0. The molecule has 1 N–H and O–H groups in total. The Balaban J connectivity index is 1.82. The summed E-state index contributed by atoms with van der Waals surface area (Å²) in [5.74, 6) is 1.39. The van der Waals surface area contributed by atoms with Crippen LogP contribution in [0.25, 0.3) is 0 Å². The lowest BCUT2D eigenvalue weighted by atomic mass is 10.3. The largest absolute Gasteiger partial charge is 0.486 e. The molecule has 0 radical (unpaired) electrons. The maximum absolute atomic E-state index is 5.62. The zero-order valence-electron chi connectivity index (χ0n) is 12.6. The average Bonchev–Trinajstić information content (AvgIpc) is 2.92. The minimum Gasteiger partial charge on any atom is -0.486 e. The Morgan fingerprint density at radius 1 is 1.24 bits per heavy atom. The van der Waals surface area contributed by atoms with Crippen LogP contribution in [0.2, 0.25) is 0 Å². The van der Waals surface area contributed by atoms with Gasteiger partial charge in [-0.05, 0) is 12.1 Å². The van der Waals surface area contributed by atoms with Crippen LogP contribution in [0.3, 0.4) is 0 Å². The maximum atomic E-state index is 5.62. The van der Waals surface area contributed by atoms with Crippen molar-refractivity contribution in [3.05, 3.63) is 41.5 Å². The van der Waals surface area contributed by atoms with Gasteiger partial charge in [0.2, 0.25) is 0 Å². The molecule has 2 aromatic heterocycles. The highest BCUT2D eigenvalue weighted by Gasteiger charge is 2.05. The summed E-state index contributed by atoms with van der Waals surface area (Å²) < 4.78 is 15.7. The summed E-state index contributed by atoms with van der Waals surface area (Å²) in [4.78, 5) is 4.35. The quantitative estimate of drug-likeness (QED) is 0.804. The van der Waals surface area contributed by atoms with Crippen molar-refractivity contribution in [3.8, 4) is 5.75 Å². The van der Waals surface area contributed by atoms with E-state index < -0.39 is 0 Å². The van der Waals surface area contributed by atoms with E-state index in [-0.39, 0.29) is 0 Å². The van der Waals surface area contributed by atoms with E-state index in [1.807, 2.05) is 18.2 Å². The van der Waals surface area contributed by atoms with Gasteiger partial charge < -0.3 is 19.3 Å². The van der Waals surface area contributed by atoms with E-state index in [4.69, 9.17) is 14.0 Å². The van der Waals surface area contributed by atoms with Crippen molar-refractivity contribution < 1.29 is 14.0 Å². The van der Waals surface area contributed by atoms with Crippen LogP contribution in [0.1, 0.15) is 31.0 Å². The van der Waals surface area contributed by atoms with Crippen molar-refractivity contribution in [2.45, 2.75) is 39.6 Å². The van der Waals surface area contributed by atoms with Crippen molar-refractivity contribution in [2.75, 3.05) is 7.11 Å². The van der Waals surface area contributed by atoms with Gasteiger partial charge in [0.25, 0.3) is 0 Å². The highest BCUT2D eigenvalue weighted by atomic mass is 16.5. The Morgan fingerprint density at radius 3 is 2.76 bits per heavy atom. The molecule has 0 amide bonds. The first-order valence-electron chi connectivity index (χ1n) is 6.92. The Labute approximate surface area is 124 Å². The fourth-order valence-corrected chi connectivity index (χ4v) is 1.70. The van der Waals surface area contributed by atoms with Gasteiger partial charge in [-0.2, -0.15) is 0 Å². The molecular weight excluding hydrogens is 270 g/mol. The molecule has 6 heteroatoms. The fourth-order valence-electron chi connectivity index (χ4n) is 1.70. The van der Waals surface area contributed by atoms with E-state index in [0.29, 0.717) is 30.8 Å². The van der Waals surface area contributed by atoms with Crippen LogP contribution >= 0.6 is 0 Å². The molecule has 0 bridgehead atoms. The molecule has 0 aromatic carbocycles. The lowest BCUT2D eigenvalue weighted by Gasteiger charge is -2.08. The SMILES string of the molecule is COCc1cc(COc2ccc(CNC(C)C)nc2)no1. The van der Waals surface area contributed by atoms with E-state index >= 15 is 0 Å². The van der Waals surface area contributed by atoms with Crippen molar-refractivity contribution in [1.29, 1.82) is 0 Å². The number of hydrogen-bond donors (Lipinski definition) is 1. The minimum absolute atomic E-state index is 0.346. The number of ether oxygens (including phenoxy) is 2. The van der Waals surface area contributed by atoms with Crippen LogP contribution in [0.15, 0.2) is 28.9 Å². The van der Waals surface area contributed by atoms with Crippen LogP contribution < -0.4 is 10.1 Å². The highest BCUT2D eigenvalue weighted by molar-refractivity contribution is 5.20. The summed E-state index contributed by atoms with van der Waals surface area (Å²) in [7, 11) is 1.61. The number of methoxy groups -OCH3 is 1. The molecule has 2 rings (SSSR count). The topological polar surface area (TPSA) is 69.4 Å². The van der Waals surface area contributed by atoms with Gasteiger partial charge in [0.05, 0.1) is 11.9 Å². The summed E-state index contributed by atoms with van der Waals surface area (Å²) in [6, 6.07) is 6.11. The van der Waals surface area contributed by atoms with Crippen LogP contribution in [0.4, 0.5) is 0 Å². The lowest BCUT2D eigenvalue weighted by molar-refractivity contribution is 0.155. The standard InChI is InChI=1S/C15H21N3O3/c1-11(2)16-7-12-4-5-14(8-17-12)20-9-13-6-15(10-19-3)21-18-13/h4-6,8,11,16H,7,9-10H2,1-3H3. The van der Waals surface area contributed by atoms with Crippen molar-refractivity contribution in [3.63, 3.8) is 0 Å². The Kier molecular flexibility index (Phi) is 5.71. The first-order valence-corrected chi connectivity index (χ1v) is 6.92. The molecule has 0 unspecified atom stereocenters. The number of aromatic nitrogens is 2. The molecule has 0 fully saturated rings. The van der Waals surface area contributed by atoms with E-state index in [0.717, 1.165) is 17.9 Å². The third-order valence-electron chi connectivity index (χ3n) is 2.77. The number of pyridine rings is 1. The van der Waals surface area contributed by atoms with Crippen molar-refractivity contribution in [2.24, 2.45) is 0 Å². The smallest absolute Gasteiger partial charge is 0.162 e. The molecule has 2 heterocycles. The Bertz CT molecular complexity index is 537. The van der Waals surface area contributed by atoms with E-state index in [1.165, 1.54) is 0 Å². The molecule has 2 aromatic rings. The molecule has 21 heavy (non-hydrogen) atoms. The molecule has 0 saturated heterocycles. The predicted octanol–water partition coefficient (Wildman–Crippen LogP) is 2.29. The highest BCUT2D eigenvalue weighted by Crippen LogP contribution is 2.12. The number of rotatable bonds is 8. The first kappa shape index (κ1) is 15.5. The van der Waals surface area contributed by atoms with Crippen LogP contribution in [0.5, 0.6) is 5.75 Å². The van der Waals surface area contributed by atoms with Crippen LogP contribution in [-0.2, 0) is 24.5 Å². The monoisotopic (exact) mass is 291 g/mol. The van der Waals surface area contributed by atoms with Gasteiger partial charge in [-0.25, -0.2) is 0 Å². The first-order chi connectivity index (χ1) is 10.2. The number of hydrogen-bond acceptors (Lipinski definition) is 6. The van der Waals surface area contributed by atoms with E-state index in [1.54, 1.807) is 13.3 Å². The second-order valence-corrected chi connectivity index (χ2v) is 5.03. The van der Waals surface area contributed by atoms with Gasteiger partial charge in [0.15, 0.2) is 5.76 Å². The molecule has 0 spiro atoms. The second-order valence-electron chi connectivity index (χ2n) is 5.03. The average molecular weight is 291 g/mol. The molecule has 0 aliphatic carbocycles. The van der Waals surface area contributed by atoms with Gasteiger partial charge in [-0.1, -0.05) is 19.0 Å². The molecular formula is C15H21N3O3. The third-order valence-corrected chi connectivity index (χ3v) is 2.77. The fraction of sp³-hybridized carbons (Fsp3) is 0.467. The molecule has 6 nitrogen and oxygen atoms in total. The summed E-state index contributed by atoms with van der Waals surface area (Å²) in [5.41, 5.74) is 1.72. The van der Waals surface area contributed by atoms with Gasteiger partial charge in [-0.15, -0.1) is 0 Å². The summed E-state index contributed by atoms with van der Waals surface area (Å²) in [6.07, 6.45) is 1.72. The van der Waals surface area contributed by atoms with Gasteiger partial charge in [0, 0.05) is 25.8 Å². The number of nitrogens with zero attached hydrogens (tertiary/aromatic N) is 2. The van der Waals surface area contributed by atoms with E-state index in [9.17, 15) is 0 Å². The Hall–Kier alpha value is -1.92. The summed E-state index contributed by atoms with van der Waals surface area (Å²) in [5, 5.41) is 7.22. The summed E-state index contributed by atoms with van der Waals surface area (Å²) >= 11 is 0. The second kappa shape index (κ2) is 7.75. The van der Waals surface area contributed by atoms with Gasteiger partial charge >= 0.3 is 0 Å². The van der Waals surface area contributed by atoms with Crippen molar-refractivity contribution >= 4 is 0 Å². The zero-order valence-corrected chi connectivity index (χ0v) is 12.6. The van der Waals surface area contributed by atoms with Crippen molar-refractivity contribution in [1.82, 2.24) is 15.5 Å². The molecule has 0 atom stereocenters. The van der Waals surface area contributed by atoms with Gasteiger partial charge in [0.1, 0.15) is 24.7 Å². The van der Waals surface area contributed by atoms with Gasteiger partial charge in [-0.3, -0.25) is 4.98 Å². The number of nitrogens with one attached hydrogen (secondary N) is 1. The predicted molar refractivity (Wildman–Crippen MR) is 77.8 cm³/mol. The summed E-state index contributed by atoms with van der Waals surface area (Å²) in [6.45, 7) is 5.71. The molecule has 0 aliphatic heterocycles. The molecule has 114 valence electrons. The maximum Gasteiger partial charge on any atom is 0.162 e. The third kappa shape index (κ3) is 5.17. The zero-order chi connectivity index (χ0) is 15.1.